The SMILES string of the molecule is CC1CNc2c(oc3ccc4nc(Oc5cc(Cl)nc(C(C)(C)O)n5)ccc4c23)C(=O)N1. The zero-order chi connectivity index (χ0) is 22.6. The fourth-order valence-corrected chi connectivity index (χ4v) is 3.77. The van der Waals surface area contributed by atoms with Crippen molar-refractivity contribution < 1.29 is 19.1 Å². The Hall–Kier alpha value is -3.43. The van der Waals surface area contributed by atoms with Crippen LogP contribution in [0.15, 0.2) is 34.7 Å². The van der Waals surface area contributed by atoms with E-state index < -0.39 is 5.60 Å². The maximum atomic E-state index is 12.5. The van der Waals surface area contributed by atoms with Crippen molar-refractivity contribution in [2.24, 2.45) is 0 Å². The summed E-state index contributed by atoms with van der Waals surface area (Å²) in [6, 6.07) is 8.54. The first-order valence-corrected chi connectivity index (χ1v) is 10.4. The third-order valence-electron chi connectivity index (χ3n) is 5.09. The summed E-state index contributed by atoms with van der Waals surface area (Å²) >= 11 is 6.06. The Morgan fingerprint density at radius 1 is 1.19 bits per heavy atom. The molecule has 0 saturated heterocycles. The lowest BCUT2D eigenvalue weighted by atomic mass is 10.1. The fourth-order valence-electron chi connectivity index (χ4n) is 3.59. The predicted octanol–water partition coefficient (Wildman–Crippen LogP) is 3.99. The van der Waals surface area contributed by atoms with Crippen LogP contribution in [-0.4, -0.2) is 38.6 Å². The minimum Gasteiger partial charge on any atom is -0.449 e. The number of anilines is 1. The molecule has 0 spiro atoms. The number of nitrogens with one attached hydrogen (secondary N) is 2. The average Bonchev–Trinajstić information content (AvgIpc) is 3.03. The van der Waals surface area contributed by atoms with E-state index in [1.807, 2.05) is 13.0 Å². The summed E-state index contributed by atoms with van der Waals surface area (Å²) in [5, 5.41) is 18.1. The number of fused-ring (bicyclic) bond motifs is 5. The highest BCUT2D eigenvalue weighted by molar-refractivity contribution is 6.29. The van der Waals surface area contributed by atoms with Gasteiger partial charge in [0.05, 0.1) is 16.6 Å². The molecule has 0 radical (unpaired) electrons. The summed E-state index contributed by atoms with van der Waals surface area (Å²) < 4.78 is 11.6. The summed E-state index contributed by atoms with van der Waals surface area (Å²) in [6.45, 7) is 5.62. The first-order valence-electron chi connectivity index (χ1n) is 10.1. The maximum absolute atomic E-state index is 12.5. The zero-order valence-corrected chi connectivity index (χ0v) is 18.3. The molecular weight excluding hydrogens is 434 g/mol. The molecule has 3 aromatic heterocycles. The Bertz CT molecular complexity index is 1380. The number of ether oxygens (including phenoxy) is 1. The van der Waals surface area contributed by atoms with E-state index in [4.69, 9.17) is 20.8 Å². The van der Waals surface area contributed by atoms with Gasteiger partial charge in [-0.05, 0) is 39.0 Å². The molecule has 5 rings (SSSR count). The largest absolute Gasteiger partial charge is 0.449 e. The van der Waals surface area contributed by atoms with Crippen molar-refractivity contribution in [3.63, 3.8) is 0 Å². The van der Waals surface area contributed by atoms with E-state index >= 15 is 0 Å². The predicted molar refractivity (Wildman–Crippen MR) is 119 cm³/mol. The van der Waals surface area contributed by atoms with Gasteiger partial charge in [0.25, 0.3) is 5.91 Å². The molecule has 1 amide bonds. The van der Waals surface area contributed by atoms with Gasteiger partial charge in [-0.25, -0.2) is 9.97 Å². The van der Waals surface area contributed by atoms with Crippen molar-refractivity contribution in [2.45, 2.75) is 32.4 Å². The van der Waals surface area contributed by atoms with Crippen LogP contribution in [0.1, 0.15) is 37.2 Å². The Morgan fingerprint density at radius 3 is 2.78 bits per heavy atom. The Labute approximate surface area is 187 Å². The number of benzene rings is 1. The lowest BCUT2D eigenvalue weighted by Gasteiger charge is -2.16. The van der Waals surface area contributed by atoms with Crippen LogP contribution >= 0.6 is 11.6 Å². The van der Waals surface area contributed by atoms with E-state index in [-0.39, 0.29) is 34.6 Å². The van der Waals surface area contributed by atoms with Gasteiger partial charge in [-0.2, -0.15) is 4.98 Å². The molecule has 0 bridgehead atoms. The third kappa shape index (κ3) is 3.59. The summed E-state index contributed by atoms with van der Waals surface area (Å²) in [5.41, 5.74) is 0.621. The van der Waals surface area contributed by atoms with E-state index in [2.05, 4.69) is 25.6 Å². The standard InChI is InChI=1S/C22H20ClN5O4/c1-10-9-24-18-17-11-4-7-15(32-16-8-14(23)27-21(28-16)22(2,3)30)26-12(11)5-6-13(17)31-19(18)20(29)25-10/h4-8,10,24,30H,9H2,1-3H3,(H,25,29). The second-order valence-electron chi connectivity index (χ2n) is 8.23. The van der Waals surface area contributed by atoms with Gasteiger partial charge in [0.1, 0.15) is 16.3 Å². The van der Waals surface area contributed by atoms with E-state index in [0.717, 1.165) is 10.8 Å². The number of carbonyl (C=O) groups is 1. The van der Waals surface area contributed by atoms with Crippen LogP contribution in [0.4, 0.5) is 5.69 Å². The summed E-state index contributed by atoms with van der Waals surface area (Å²) in [6.07, 6.45) is 0. The summed E-state index contributed by atoms with van der Waals surface area (Å²) in [7, 11) is 0. The van der Waals surface area contributed by atoms with Crippen molar-refractivity contribution in [3.05, 3.63) is 47.1 Å². The monoisotopic (exact) mass is 453 g/mol. The van der Waals surface area contributed by atoms with E-state index in [0.29, 0.717) is 29.2 Å². The van der Waals surface area contributed by atoms with Crippen LogP contribution in [0, 0.1) is 0 Å². The molecule has 0 saturated carbocycles. The number of hydrogen-bond donors (Lipinski definition) is 3. The number of furan rings is 1. The first kappa shape index (κ1) is 20.5. The smallest absolute Gasteiger partial charge is 0.289 e. The van der Waals surface area contributed by atoms with Gasteiger partial charge in [-0.3, -0.25) is 4.79 Å². The maximum Gasteiger partial charge on any atom is 0.289 e. The van der Waals surface area contributed by atoms with Crippen LogP contribution in [0.2, 0.25) is 5.15 Å². The lowest BCUT2D eigenvalue weighted by molar-refractivity contribution is 0.0680. The molecule has 9 nitrogen and oxygen atoms in total. The number of rotatable bonds is 3. The molecule has 1 atom stereocenters. The van der Waals surface area contributed by atoms with Gasteiger partial charge < -0.3 is 24.9 Å². The number of aromatic nitrogens is 3. The number of hydrogen-bond acceptors (Lipinski definition) is 8. The van der Waals surface area contributed by atoms with Crippen LogP contribution in [0.5, 0.6) is 11.8 Å². The van der Waals surface area contributed by atoms with E-state index in [1.165, 1.54) is 6.07 Å². The number of pyridine rings is 1. The van der Waals surface area contributed by atoms with Gasteiger partial charge in [0.15, 0.2) is 5.82 Å². The highest BCUT2D eigenvalue weighted by Gasteiger charge is 2.27. The van der Waals surface area contributed by atoms with Crippen LogP contribution in [-0.2, 0) is 5.60 Å². The molecule has 4 aromatic rings. The number of carbonyl (C=O) groups excluding carboxylic acids is 1. The minimum atomic E-state index is -1.28. The van der Waals surface area contributed by atoms with E-state index in [9.17, 15) is 9.90 Å². The average molecular weight is 454 g/mol. The quantitative estimate of drug-likeness (QED) is 0.398. The molecule has 1 unspecified atom stereocenters. The minimum absolute atomic E-state index is 0.0262. The van der Waals surface area contributed by atoms with Crippen molar-refractivity contribution in [2.75, 3.05) is 11.9 Å². The highest BCUT2D eigenvalue weighted by Crippen LogP contribution is 2.38. The molecule has 4 heterocycles. The molecule has 32 heavy (non-hydrogen) atoms. The molecule has 3 N–H and O–H groups in total. The molecule has 164 valence electrons. The first-order chi connectivity index (χ1) is 15.2. The summed E-state index contributed by atoms with van der Waals surface area (Å²) in [4.78, 5) is 25.3. The van der Waals surface area contributed by atoms with E-state index in [1.54, 1.807) is 32.0 Å². The van der Waals surface area contributed by atoms with Crippen LogP contribution in [0.3, 0.4) is 0 Å². The Kier molecular flexibility index (Phi) is 4.68. The van der Waals surface area contributed by atoms with Crippen LogP contribution in [0.25, 0.3) is 21.9 Å². The van der Waals surface area contributed by atoms with Gasteiger partial charge >= 0.3 is 0 Å². The molecule has 0 fully saturated rings. The molecule has 1 aliphatic rings. The zero-order valence-electron chi connectivity index (χ0n) is 17.6. The van der Waals surface area contributed by atoms with Crippen molar-refractivity contribution >= 4 is 45.1 Å². The lowest BCUT2D eigenvalue weighted by Crippen LogP contribution is -2.34. The number of amides is 1. The molecule has 1 aliphatic heterocycles. The number of halogens is 1. The second-order valence-corrected chi connectivity index (χ2v) is 8.62. The number of nitrogens with zero attached hydrogens (tertiary/aromatic N) is 3. The second kappa shape index (κ2) is 7.32. The van der Waals surface area contributed by atoms with Crippen LogP contribution < -0.4 is 15.4 Å². The fraction of sp³-hybridized carbons (Fsp3) is 0.273. The topological polar surface area (TPSA) is 122 Å². The molecule has 0 aliphatic carbocycles. The van der Waals surface area contributed by atoms with Crippen molar-refractivity contribution in [3.8, 4) is 11.8 Å². The Morgan fingerprint density at radius 2 is 2.00 bits per heavy atom. The molecular formula is C22H20ClN5O4. The van der Waals surface area contributed by atoms with Gasteiger partial charge in [-0.1, -0.05) is 11.6 Å². The van der Waals surface area contributed by atoms with Crippen molar-refractivity contribution in [1.29, 1.82) is 0 Å². The van der Waals surface area contributed by atoms with Gasteiger partial charge in [0.2, 0.25) is 17.5 Å². The van der Waals surface area contributed by atoms with Gasteiger partial charge in [-0.15, -0.1) is 0 Å². The van der Waals surface area contributed by atoms with Gasteiger partial charge in [0, 0.05) is 30.1 Å². The van der Waals surface area contributed by atoms with Crippen molar-refractivity contribution in [1.82, 2.24) is 20.3 Å². The highest BCUT2D eigenvalue weighted by atomic mass is 35.5. The molecule has 1 aromatic carbocycles. The number of aliphatic hydroxyl groups is 1. The Balaban J connectivity index is 1.57. The third-order valence-corrected chi connectivity index (χ3v) is 5.29. The molecule has 10 heteroatoms. The summed E-state index contributed by atoms with van der Waals surface area (Å²) in [5.74, 6) is 0.605. The normalized spacial score (nSPS) is 16.4.